The van der Waals surface area contributed by atoms with Crippen LogP contribution in [0.15, 0.2) is 71.9 Å². The molecule has 0 radical (unpaired) electrons. The van der Waals surface area contributed by atoms with E-state index in [-0.39, 0.29) is 23.1 Å². The monoisotopic (exact) mass is 630 g/mol. The topological polar surface area (TPSA) is 170 Å². The van der Waals surface area contributed by atoms with Crippen LogP contribution in [0, 0.1) is 0 Å². The van der Waals surface area contributed by atoms with Crippen LogP contribution in [0.5, 0.6) is 0 Å². The number of aromatic nitrogens is 4. The van der Waals surface area contributed by atoms with Gasteiger partial charge in [0.1, 0.15) is 5.69 Å². The zero-order valence-electron chi connectivity index (χ0n) is 21.7. The van der Waals surface area contributed by atoms with Crippen molar-refractivity contribution in [2.24, 2.45) is 5.73 Å². The Morgan fingerprint density at radius 2 is 1.58 bits per heavy atom. The molecular formula is C25H20F6N6O5S. The van der Waals surface area contributed by atoms with Crippen LogP contribution in [-0.2, 0) is 27.4 Å². The third kappa shape index (κ3) is 8.35. The number of carboxylic acid groups (broad SMARTS) is 1. The number of nitrogens with zero attached hydrogens (tertiary/aromatic N) is 4. The second-order valence-electron chi connectivity index (χ2n) is 8.52. The molecule has 0 aliphatic rings. The number of halogens is 6. The van der Waals surface area contributed by atoms with E-state index < -0.39 is 45.5 Å². The third-order valence-electron chi connectivity index (χ3n) is 5.34. The van der Waals surface area contributed by atoms with Gasteiger partial charge in [-0.2, -0.15) is 31.4 Å². The molecule has 0 saturated carbocycles. The number of nitrogens with two attached hydrogens (primary N) is 1. The molecule has 0 unspecified atom stereocenters. The van der Waals surface area contributed by atoms with Crippen LogP contribution >= 0.6 is 0 Å². The van der Waals surface area contributed by atoms with Crippen molar-refractivity contribution < 1.29 is 49.5 Å². The van der Waals surface area contributed by atoms with Gasteiger partial charge in [-0.05, 0) is 23.8 Å². The number of rotatable bonds is 6. The van der Waals surface area contributed by atoms with Crippen molar-refractivity contribution in [3.63, 3.8) is 0 Å². The smallest absolute Gasteiger partial charge is 0.475 e. The first kappa shape index (κ1) is 32.7. The lowest BCUT2D eigenvalue weighted by molar-refractivity contribution is -0.192. The maximum Gasteiger partial charge on any atom is 0.490 e. The first-order valence-electron chi connectivity index (χ1n) is 11.6. The number of anilines is 1. The summed E-state index contributed by atoms with van der Waals surface area (Å²) in [7, 11) is -3.53. The van der Waals surface area contributed by atoms with Gasteiger partial charge in [-0.25, -0.2) is 27.9 Å². The number of sulfone groups is 1. The van der Waals surface area contributed by atoms with Crippen LogP contribution in [0.2, 0.25) is 0 Å². The van der Waals surface area contributed by atoms with Gasteiger partial charge in [-0.15, -0.1) is 0 Å². The van der Waals surface area contributed by atoms with Crippen molar-refractivity contribution in [3.8, 4) is 16.8 Å². The summed E-state index contributed by atoms with van der Waals surface area (Å²) in [6.45, 7) is 0.144. The summed E-state index contributed by atoms with van der Waals surface area (Å²) in [5.74, 6) is -3.88. The molecule has 2 aromatic carbocycles. The Morgan fingerprint density at radius 1 is 0.977 bits per heavy atom. The fraction of sp³-hybridized carbons (Fsp3) is 0.160. The van der Waals surface area contributed by atoms with Crippen LogP contribution in [0.3, 0.4) is 0 Å². The largest absolute Gasteiger partial charge is 0.490 e. The average molecular weight is 631 g/mol. The SMILES string of the molecule is CS(=O)(=O)c1ccccc1-c1cnc(NC(=O)c2cc(C(F)(F)F)nn2-c2cccc(CN)c2)nc1.O=C(O)C(F)(F)F. The Balaban J connectivity index is 0.000000646. The lowest BCUT2D eigenvalue weighted by atomic mass is 10.1. The van der Waals surface area contributed by atoms with Gasteiger partial charge in [0.2, 0.25) is 5.95 Å². The van der Waals surface area contributed by atoms with Crippen LogP contribution in [0.25, 0.3) is 16.8 Å². The molecule has 4 rings (SSSR count). The third-order valence-corrected chi connectivity index (χ3v) is 6.50. The van der Waals surface area contributed by atoms with E-state index in [1.54, 1.807) is 30.3 Å². The molecule has 0 atom stereocenters. The molecule has 228 valence electrons. The van der Waals surface area contributed by atoms with Crippen molar-refractivity contribution in [1.82, 2.24) is 19.7 Å². The molecule has 0 bridgehead atoms. The number of benzene rings is 2. The van der Waals surface area contributed by atoms with Crippen molar-refractivity contribution in [1.29, 1.82) is 0 Å². The Morgan fingerprint density at radius 3 is 2.12 bits per heavy atom. The van der Waals surface area contributed by atoms with E-state index >= 15 is 0 Å². The zero-order chi connectivity index (χ0) is 32.2. The molecule has 0 spiro atoms. The quantitative estimate of drug-likeness (QED) is 0.266. The molecule has 0 fully saturated rings. The number of amides is 1. The molecule has 4 N–H and O–H groups in total. The number of aliphatic carboxylic acids is 1. The van der Waals surface area contributed by atoms with Crippen molar-refractivity contribution in [2.45, 2.75) is 23.8 Å². The summed E-state index contributed by atoms with van der Waals surface area (Å²) in [5, 5.41) is 13.0. The normalized spacial score (nSPS) is 11.8. The number of hydrogen-bond acceptors (Lipinski definition) is 8. The lowest BCUT2D eigenvalue weighted by Gasteiger charge is -2.10. The van der Waals surface area contributed by atoms with Gasteiger partial charge in [-0.1, -0.05) is 30.3 Å². The van der Waals surface area contributed by atoms with Gasteiger partial charge in [0, 0.05) is 42.4 Å². The van der Waals surface area contributed by atoms with E-state index in [1.165, 1.54) is 30.6 Å². The fourth-order valence-corrected chi connectivity index (χ4v) is 4.33. The summed E-state index contributed by atoms with van der Waals surface area (Å²) < 4.78 is 96.8. The minimum atomic E-state index is -5.08. The summed E-state index contributed by atoms with van der Waals surface area (Å²) in [5.41, 5.74) is 5.56. The highest BCUT2D eigenvalue weighted by Gasteiger charge is 2.38. The first-order chi connectivity index (χ1) is 19.9. The fourth-order valence-electron chi connectivity index (χ4n) is 3.42. The number of carbonyl (C=O) groups is 2. The molecule has 0 saturated heterocycles. The lowest BCUT2D eigenvalue weighted by Crippen LogP contribution is -2.21. The summed E-state index contributed by atoms with van der Waals surface area (Å²) in [6, 6.07) is 13.2. The van der Waals surface area contributed by atoms with E-state index in [2.05, 4.69) is 20.4 Å². The van der Waals surface area contributed by atoms with E-state index in [0.717, 1.165) is 10.9 Å². The van der Waals surface area contributed by atoms with Gasteiger partial charge in [0.25, 0.3) is 5.91 Å². The zero-order valence-corrected chi connectivity index (χ0v) is 22.5. The van der Waals surface area contributed by atoms with Crippen LogP contribution in [0.4, 0.5) is 32.3 Å². The molecule has 1 amide bonds. The Labute approximate surface area is 238 Å². The summed E-state index contributed by atoms with van der Waals surface area (Å²) in [4.78, 5) is 29.9. The Bertz CT molecular complexity index is 1740. The Hall–Kier alpha value is -4.84. The number of alkyl halides is 6. The second-order valence-corrected chi connectivity index (χ2v) is 10.5. The van der Waals surface area contributed by atoms with E-state index in [4.69, 9.17) is 15.6 Å². The van der Waals surface area contributed by atoms with Crippen LogP contribution in [0.1, 0.15) is 21.7 Å². The molecule has 4 aromatic rings. The average Bonchev–Trinajstić information content (AvgIpc) is 3.40. The molecule has 11 nitrogen and oxygen atoms in total. The van der Waals surface area contributed by atoms with Crippen molar-refractivity contribution >= 4 is 27.7 Å². The number of hydrogen-bond donors (Lipinski definition) is 3. The Kier molecular flexibility index (Phi) is 9.55. The van der Waals surface area contributed by atoms with Crippen molar-refractivity contribution in [3.05, 3.63) is 83.9 Å². The highest BCUT2D eigenvalue weighted by molar-refractivity contribution is 7.90. The standard InChI is InChI=1S/C23H19F3N6O3S.C2HF3O2/c1-36(34,35)19-8-3-2-7-17(19)15-12-28-22(29-13-15)30-21(33)18-10-20(23(24,25)26)31-32(18)16-6-4-5-14(9-16)11-27;3-2(4,5)1(6)7/h2-10,12-13H,11,27H2,1H3,(H,28,29,30,33);(H,6,7). The molecule has 0 aliphatic heterocycles. The number of carboxylic acids is 1. The second kappa shape index (κ2) is 12.6. The molecule has 2 heterocycles. The van der Waals surface area contributed by atoms with Gasteiger partial charge in [-0.3, -0.25) is 10.1 Å². The molecule has 43 heavy (non-hydrogen) atoms. The maximum atomic E-state index is 13.4. The highest BCUT2D eigenvalue weighted by Crippen LogP contribution is 2.30. The molecule has 2 aromatic heterocycles. The minimum absolute atomic E-state index is 0.0775. The van der Waals surface area contributed by atoms with E-state index in [9.17, 15) is 39.6 Å². The number of nitrogens with one attached hydrogen (secondary N) is 1. The minimum Gasteiger partial charge on any atom is -0.475 e. The maximum absolute atomic E-state index is 13.4. The first-order valence-corrected chi connectivity index (χ1v) is 13.5. The molecular weight excluding hydrogens is 610 g/mol. The van der Waals surface area contributed by atoms with Gasteiger partial charge in [0.15, 0.2) is 15.5 Å². The van der Waals surface area contributed by atoms with E-state index in [0.29, 0.717) is 22.8 Å². The van der Waals surface area contributed by atoms with Gasteiger partial charge in [0.05, 0.1) is 10.6 Å². The van der Waals surface area contributed by atoms with Crippen LogP contribution < -0.4 is 11.1 Å². The summed E-state index contributed by atoms with van der Waals surface area (Å²) in [6.07, 6.45) is -6.19. The molecule has 0 aliphatic carbocycles. The van der Waals surface area contributed by atoms with Gasteiger partial charge >= 0.3 is 18.3 Å². The number of carbonyl (C=O) groups excluding carboxylic acids is 1. The molecule has 18 heteroatoms. The predicted molar refractivity (Wildman–Crippen MR) is 139 cm³/mol. The summed E-state index contributed by atoms with van der Waals surface area (Å²) >= 11 is 0. The highest BCUT2D eigenvalue weighted by atomic mass is 32.2. The van der Waals surface area contributed by atoms with Crippen molar-refractivity contribution in [2.75, 3.05) is 11.6 Å². The van der Waals surface area contributed by atoms with E-state index in [1.807, 2.05) is 0 Å². The predicted octanol–water partition coefficient (Wildman–Crippen LogP) is 4.10. The van der Waals surface area contributed by atoms with Gasteiger partial charge < -0.3 is 10.8 Å². The van der Waals surface area contributed by atoms with Crippen LogP contribution in [-0.4, -0.2) is 57.6 Å².